The third-order valence-electron chi connectivity index (χ3n) is 4.01. The molecule has 0 bridgehead atoms. The number of anilines is 1. The molecule has 1 aromatic heterocycles. The second-order valence-corrected chi connectivity index (χ2v) is 6.27. The van der Waals surface area contributed by atoms with Gasteiger partial charge in [-0.25, -0.2) is 0 Å². The number of carbonyl (C=O) groups excluding carboxylic acids is 2. The van der Waals surface area contributed by atoms with Crippen molar-refractivity contribution in [2.24, 2.45) is 0 Å². The minimum absolute atomic E-state index is 0.0170. The van der Waals surface area contributed by atoms with E-state index in [9.17, 15) is 9.59 Å². The molecule has 0 spiro atoms. The molecule has 2 heterocycles. The fourth-order valence-electron chi connectivity index (χ4n) is 2.70. The highest BCUT2D eigenvalue weighted by molar-refractivity contribution is 7.80. The number of hydrogen-bond donors (Lipinski definition) is 1. The number of thiocarbonyl (C=S) groups is 1. The van der Waals surface area contributed by atoms with E-state index in [1.54, 1.807) is 36.4 Å². The van der Waals surface area contributed by atoms with Crippen molar-refractivity contribution >= 4 is 40.9 Å². The summed E-state index contributed by atoms with van der Waals surface area (Å²) in [6, 6.07) is 19.5. The number of ether oxygens (including phenoxy) is 1. The SMILES string of the molecule is O=C1NC(=S)N(c2ccc(Oc3ccccc3)cc2)C(=O)/C1=C\c1ccco1. The molecular formula is C21H14N2O4S. The first-order valence-corrected chi connectivity index (χ1v) is 8.80. The van der Waals surface area contributed by atoms with Crippen molar-refractivity contribution in [3.63, 3.8) is 0 Å². The van der Waals surface area contributed by atoms with Crippen LogP contribution in [0.25, 0.3) is 6.08 Å². The molecule has 0 radical (unpaired) electrons. The highest BCUT2D eigenvalue weighted by Gasteiger charge is 2.34. The quantitative estimate of drug-likeness (QED) is 0.416. The fourth-order valence-corrected chi connectivity index (χ4v) is 2.98. The highest BCUT2D eigenvalue weighted by Crippen LogP contribution is 2.27. The second kappa shape index (κ2) is 7.50. The summed E-state index contributed by atoms with van der Waals surface area (Å²) in [5.41, 5.74) is 0.453. The van der Waals surface area contributed by atoms with Crippen molar-refractivity contribution in [3.05, 3.63) is 84.3 Å². The molecule has 138 valence electrons. The Hall–Kier alpha value is -3.71. The van der Waals surface area contributed by atoms with E-state index >= 15 is 0 Å². The standard InChI is InChI=1S/C21H14N2O4S/c24-19-18(13-17-7-4-12-26-17)20(25)23(21(28)22-19)14-8-10-16(11-9-14)27-15-5-2-1-3-6-15/h1-13H,(H,22,24,28)/b18-13-. The van der Waals surface area contributed by atoms with Crippen LogP contribution in [-0.4, -0.2) is 16.9 Å². The van der Waals surface area contributed by atoms with Gasteiger partial charge in [0.25, 0.3) is 11.8 Å². The minimum atomic E-state index is -0.563. The highest BCUT2D eigenvalue weighted by atomic mass is 32.1. The van der Waals surface area contributed by atoms with Crippen LogP contribution in [0.1, 0.15) is 5.76 Å². The molecule has 1 aliphatic rings. The molecule has 0 atom stereocenters. The van der Waals surface area contributed by atoms with E-state index in [2.05, 4.69) is 5.32 Å². The number of amides is 2. The number of rotatable bonds is 4. The summed E-state index contributed by atoms with van der Waals surface area (Å²) in [4.78, 5) is 26.3. The van der Waals surface area contributed by atoms with Crippen LogP contribution in [-0.2, 0) is 9.59 Å². The average molecular weight is 390 g/mol. The average Bonchev–Trinajstić information content (AvgIpc) is 3.20. The van der Waals surface area contributed by atoms with E-state index in [1.165, 1.54) is 17.2 Å². The van der Waals surface area contributed by atoms with Gasteiger partial charge in [-0.3, -0.25) is 19.8 Å². The summed E-state index contributed by atoms with van der Waals surface area (Å²) >= 11 is 5.19. The molecule has 0 saturated carbocycles. The number of carbonyl (C=O) groups is 2. The maximum atomic E-state index is 12.9. The van der Waals surface area contributed by atoms with E-state index in [-0.39, 0.29) is 10.7 Å². The minimum Gasteiger partial charge on any atom is -0.465 e. The Balaban J connectivity index is 1.59. The summed E-state index contributed by atoms with van der Waals surface area (Å²) in [7, 11) is 0. The Bertz CT molecular complexity index is 1060. The van der Waals surface area contributed by atoms with Crippen molar-refractivity contribution in [1.29, 1.82) is 0 Å². The van der Waals surface area contributed by atoms with Crippen molar-refractivity contribution in [1.82, 2.24) is 5.32 Å². The molecule has 3 aromatic rings. The van der Waals surface area contributed by atoms with Crippen molar-refractivity contribution < 1.29 is 18.7 Å². The molecule has 0 aliphatic carbocycles. The van der Waals surface area contributed by atoms with Gasteiger partial charge in [0, 0.05) is 0 Å². The van der Waals surface area contributed by atoms with Gasteiger partial charge in [-0.1, -0.05) is 18.2 Å². The van der Waals surface area contributed by atoms with Gasteiger partial charge in [-0.05, 0) is 66.8 Å². The van der Waals surface area contributed by atoms with Gasteiger partial charge in [0.1, 0.15) is 22.8 Å². The van der Waals surface area contributed by atoms with E-state index < -0.39 is 11.8 Å². The predicted molar refractivity (Wildman–Crippen MR) is 108 cm³/mol. The van der Waals surface area contributed by atoms with Crippen molar-refractivity contribution in [2.45, 2.75) is 0 Å². The van der Waals surface area contributed by atoms with Gasteiger partial charge in [0.05, 0.1) is 12.0 Å². The molecule has 2 aromatic carbocycles. The maximum Gasteiger partial charge on any atom is 0.270 e. The monoisotopic (exact) mass is 390 g/mol. The van der Waals surface area contributed by atoms with Crippen LogP contribution >= 0.6 is 12.2 Å². The molecule has 4 rings (SSSR count). The molecule has 28 heavy (non-hydrogen) atoms. The first kappa shape index (κ1) is 17.7. The van der Waals surface area contributed by atoms with Crippen LogP contribution in [0.2, 0.25) is 0 Å². The number of para-hydroxylation sites is 1. The molecule has 1 aliphatic heterocycles. The van der Waals surface area contributed by atoms with E-state index in [4.69, 9.17) is 21.4 Å². The third-order valence-corrected chi connectivity index (χ3v) is 4.29. The zero-order valence-electron chi connectivity index (χ0n) is 14.5. The van der Waals surface area contributed by atoms with Crippen LogP contribution in [0, 0.1) is 0 Å². The largest absolute Gasteiger partial charge is 0.465 e. The van der Waals surface area contributed by atoms with Gasteiger partial charge >= 0.3 is 0 Å². The van der Waals surface area contributed by atoms with E-state index in [0.717, 1.165) is 0 Å². The zero-order chi connectivity index (χ0) is 19.5. The predicted octanol–water partition coefficient (Wildman–Crippen LogP) is 3.90. The lowest BCUT2D eigenvalue weighted by Crippen LogP contribution is -2.54. The zero-order valence-corrected chi connectivity index (χ0v) is 15.3. The Kier molecular flexibility index (Phi) is 4.74. The van der Waals surface area contributed by atoms with Gasteiger partial charge in [0.2, 0.25) is 0 Å². The van der Waals surface area contributed by atoms with Crippen LogP contribution in [0.4, 0.5) is 5.69 Å². The summed E-state index contributed by atoms with van der Waals surface area (Å²) in [6.07, 6.45) is 2.85. The maximum absolute atomic E-state index is 12.9. The Morgan fingerprint density at radius 1 is 0.929 bits per heavy atom. The summed E-state index contributed by atoms with van der Waals surface area (Å²) in [6.45, 7) is 0. The lowest BCUT2D eigenvalue weighted by atomic mass is 10.1. The van der Waals surface area contributed by atoms with Crippen LogP contribution in [0.15, 0.2) is 83.0 Å². The van der Waals surface area contributed by atoms with Gasteiger partial charge in [-0.2, -0.15) is 0 Å². The molecule has 7 heteroatoms. The molecule has 6 nitrogen and oxygen atoms in total. The third kappa shape index (κ3) is 3.56. The second-order valence-electron chi connectivity index (χ2n) is 5.88. The van der Waals surface area contributed by atoms with Crippen molar-refractivity contribution in [3.8, 4) is 11.5 Å². The molecule has 1 N–H and O–H groups in total. The lowest BCUT2D eigenvalue weighted by Gasteiger charge is -2.28. The van der Waals surface area contributed by atoms with Gasteiger partial charge in [0.15, 0.2) is 5.11 Å². The topological polar surface area (TPSA) is 71.8 Å². The molecule has 1 saturated heterocycles. The number of hydrogen-bond acceptors (Lipinski definition) is 5. The number of nitrogens with zero attached hydrogens (tertiary/aromatic N) is 1. The molecule has 0 unspecified atom stereocenters. The van der Waals surface area contributed by atoms with Crippen molar-refractivity contribution in [2.75, 3.05) is 4.90 Å². The first-order chi connectivity index (χ1) is 13.6. The van der Waals surface area contributed by atoms with Crippen LogP contribution in [0.5, 0.6) is 11.5 Å². The first-order valence-electron chi connectivity index (χ1n) is 8.40. The number of nitrogens with one attached hydrogen (secondary N) is 1. The van der Waals surface area contributed by atoms with Gasteiger partial charge < -0.3 is 9.15 Å². The molecular weight excluding hydrogens is 376 g/mol. The normalized spacial score (nSPS) is 15.6. The Morgan fingerprint density at radius 2 is 1.64 bits per heavy atom. The Labute approximate surface area is 166 Å². The van der Waals surface area contributed by atoms with Gasteiger partial charge in [-0.15, -0.1) is 0 Å². The van der Waals surface area contributed by atoms with Crippen LogP contribution in [0.3, 0.4) is 0 Å². The number of furan rings is 1. The van der Waals surface area contributed by atoms with E-state index in [0.29, 0.717) is 22.9 Å². The lowest BCUT2D eigenvalue weighted by molar-refractivity contribution is -0.122. The molecule has 2 amide bonds. The van der Waals surface area contributed by atoms with Crippen LogP contribution < -0.4 is 15.0 Å². The summed E-state index contributed by atoms with van der Waals surface area (Å²) < 4.78 is 10.9. The van der Waals surface area contributed by atoms with E-state index in [1.807, 2.05) is 30.3 Å². The fraction of sp³-hybridized carbons (Fsp3) is 0. The molecule has 1 fully saturated rings. The number of benzene rings is 2. The smallest absolute Gasteiger partial charge is 0.270 e. The summed E-state index contributed by atoms with van der Waals surface area (Å²) in [5, 5.41) is 2.55. The Morgan fingerprint density at radius 3 is 2.32 bits per heavy atom. The summed E-state index contributed by atoms with van der Waals surface area (Å²) in [5.74, 6) is 0.628.